The van der Waals surface area contributed by atoms with Gasteiger partial charge in [-0.3, -0.25) is 19.6 Å². The standard InChI is InChI=1S/C23H22N8O.C18H18N6O2.C6H8N2/c1-24-22-21-23(30(2)14-27-21)31-19(28-22)11-18(29-31)17-7-3-5-15(9-17)10-20(32)26-13-16-6-4-8-25-12-16;1-19-17-16-18(23(2)10-20-16)24-14(21-17)9-13(22-24)12-6-4-5-11(7-12)8-15(25)26-3;7-4-6-2-1-3-8-5-6/h3-9,11-12,14H,10,13H2,1-2H3,(H,24,28)(H,26,32);4-7,9-10H,8H2,1-3H3,(H,19,21);1-3,5H,4,7H2. The number of ether oxygens (including phenoxy) is 1. The summed E-state index contributed by atoms with van der Waals surface area (Å²) in [7, 11) is 8.89. The van der Waals surface area contributed by atoms with E-state index < -0.39 is 0 Å². The maximum Gasteiger partial charge on any atom is 0.309 e. The number of benzene rings is 2. The van der Waals surface area contributed by atoms with Gasteiger partial charge in [0.2, 0.25) is 5.91 Å². The normalized spacial score (nSPS) is 10.9. The van der Waals surface area contributed by atoms with Gasteiger partial charge in [0.15, 0.2) is 45.3 Å². The van der Waals surface area contributed by atoms with Crippen molar-refractivity contribution in [3.8, 4) is 22.5 Å². The maximum absolute atomic E-state index is 12.4. The van der Waals surface area contributed by atoms with Crippen molar-refractivity contribution in [3.63, 3.8) is 0 Å². The molecule has 0 saturated carbocycles. The molecule has 0 spiro atoms. The Morgan fingerprint density at radius 3 is 1.61 bits per heavy atom. The van der Waals surface area contributed by atoms with Crippen molar-refractivity contribution in [1.82, 2.24) is 63.6 Å². The largest absolute Gasteiger partial charge is 0.469 e. The highest BCUT2D eigenvalue weighted by atomic mass is 16.5. The molecule has 0 fully saturated rings. The fourth-order valence-corrected chi connectivity index (χ4v) is 7.25. The molecule has 8 aromatic heterocycles. The topological polar surface area (TPSA) is 227 Å². The lowest BCUT2D eigenvalue weighted by atomic mass is 10.1. The average molecular weight is 885 g/mol. The second-order valence-corrected chi connectivity index (χ2v) is 15.1. The third-order valence-electron chi connectivity index (χ3n) is 10.5. The minimum atomic E-state index is -0.269. The number of methoxy groups -OCH3 is 1. The molecule has 8 heterocycles. The van der Waals surface area contributed by atoms with Crippen molar-refractivity contribution < 1.29 is 14.3 Å². The lowest BCUT2D eigenvalue weighted by Gasteiger charge is -2.06. The number of hydrogen-bond acceptors (Lipinski definition) is 14. The van der Waals surface area contributed by atoms with Gasteiger partial charge in [-0.15, -0.1) is 0 Å². The Morgan fingerprint density at radius 1 is 0.652 bits per heavy atom. The van der Waals surface area contributed by atoms with Crippen LogP contribution in [0.25, 0.3) is 56.1 Å². The van der Waals surface area contributed by atoms with Gasteiger partial charge in [-0.25, -0.2) is 19.9 Å². The molecule has 2 aromatic carbocycles. The minimum Gasteiger partial charge on any atom is -0.469 e. The second kappa shape index (κ2) is 19.9. The van der Waals surface area contributed by atoms with E-state index in [9.17, 15) is 9.59 Å². The number of nitrogens with two attached hydrogens (primary N) is 1. The summed E-state index contributed by atoms with van der Waals surface area (Å²) in [4.78, 5) is 50.0. The number of imidazole rings is 2. The number of aromatic nitrogens is 12. The summed E-state index contributed by atoms with van der Waals surface area (Å²) in [5, 5.41) is 18.6. The average Bonchev–Trinajstić information content (AvgIpc) is 4.16. The summed E-state index contributed by atoms with van der Waals surface area (Å²) < 4.78 is 12.2. The Labute approximate surface area is 378 Å². The molecule has 0 bridgehead atoms. The van der Waals surface area contributed by atoms with Crippen molar-refractivity contribution in [2.75, 3.05) is 31.8 Å². The number of nitrogens with zero attached hydrogens (tertiary/aromatic N) is 12. The number of aryl methyl sites for hydroxylation is 2. The molecule has 0 aliphatic carbocycles. The predicted octanol–water partition coefficient (Wildman–Crippen LogP) is 5.16. The summed E-state index contributed by atoms with van der Waals surface area (Å²) in [6, 6.07) is 27.0. The van der Waals surface area contributed by atoms with Crippen LogP contribution in [0.2, 0.25) is 0 Å². The van der Waals surface area contributed by atoms with Crippen LogP contribution in [0.3, 0.4) is 0 Å². The Hall–Kier alpha value is -8.58. The zero-order chi connectivity index (χ0) is 46.2. The molecular formula is C47H48N16O3. The van der Waals surface area contributed by atoms with Gasteiger partial charge in [-0.05, 0) is 46.5 Å². The van der Waals surface area contributed by atoms with Gasteiger partial charge in [-0.2, -0.15) is 19.2 Å². The molecule has 5 N–H and O–H groups in total. The van der Waals surface area contributed by atoms with Crippen LogP contribution < -0.4 is 21.7 Å². The van der Waals surface area contributed by atoms with Crippen LogP contribution in [0, 0.1) is 0 Å². The van der Waals surface area contributed by atoms with Crippen LogP contribution in [-0.2, 0) is 54.4 Å². The molecular weight excluding hydrogens is 837 g/mol. The minimum absolute atomic E-state index is 0.0436. The molecule has 0 aliphatic heterocycles. The molecule has 0 unspecified atom stereocenters. The Balaban J connectivity index is 0.000000156. The number of rotatable bonds is 11. The van der Waals surface area contributed by atoms with E-state index in [2.05, 4.69) is 45.9 Å². The molecule has 19 nitrogen and oxygen atoms in total. The van der Waals surface area contributed by atoms with E-state index in [1.54, 1.807) is 46.5 Å². The molecule has 0 radical (unpaired) electrons. The number of carbonyl (C=O) groups excluding carboxylic acids is 2. The van der Waals surface area contributed by atoms with Gasteiger partial charge >= 0.3 is 5.97 Å². The quantitative estimate of drug-likeness (QED) is 0.123. The number of amides is 1. The van der Waals surface area contributed by atoms with Crippen LogP contribution in [0.1, 0.15) is 22.3 Å². The molecule has 334 valence electrons. The first-order chi connectivity index (χ1) is 32.2. The summed E-state index contributed by atoms with van der Waals surface area (Å²) in [6.45, 7) is 1.03. The lowest BCUT2D eigenvalue weighted by molar-refractivity contribution is -0.139. The molecule has 10 aromatic rings. The first-order valence-corrected chi connectivity index (χ1v) is 20.9. The van der Waals surface area contributed by atoms with Crippen molar-refractivity contribution in [2.24, 2.45) is 19.8 Å². The van der Waals surface area contributed by atoms with E-state index in [4.69, 9.17) is 20.7 Å². The number of hydrogen-bond donors (Lipinski definition) is 4. The smallest absolute Gasteiger partial charge is 0.309 e. The van der Waals surface area contributed by atoms with Crippen molar-refractivity contribution in [1.29, 1.82) is 0 Å². The first kappa shape index (κ1) is 44.0. The van der Waals surface area contributed by atoms with Crippen molar-refractivity contribution >= 4 is 57.1 Å². The van der Waals surface area contributed by atoms with Gasteiger partial charge in [0.05, 0.1) is 44.0 Å². The highest BCUT2D eigenvalue weighted by molar-refractivity contribution is 5.88. The third-order valence-corrected chi connectivity index (χ3v) is 10.5. The fraction of sp³-hybridized carbons (Fsp3) is 0.191. The first-order valence-electron chi connectivity index (χ1n) is 20.9. The molecule has 0 aliphatic rings. The zero-order valence-corrected chi connectivity index (χ0v) is 37.0. The number of nitrogens with one attached hydrogen (secondary N) is 3. The maximum atomic E-state index is 12.4. The van der Waals surface area contributed by atoms with Crippen LogP contribution >= 0.6 is 0 Å². The number of esters is 1. The van der Waals surface area contributed by atoms with E-state index in [1.165, 1.54) is 7.11 Å². The summed E-state index contributed by atoms with van der Waals surface area (Å²) in [5.41, 5.74) is 17.2. The SMILES string of the molecule is CNc1nc2cc(-c3cccc(CC(=O)NCc4cccnc4)c3)nn2c2c1ncn2C.CNc1nc2cc(-c3cccc(CC(=O)OC)c3)nn2c2c1ncn2C.NCc1cccnc1. The molecule has 10 rings (SSSR count). The lowest BCUT2D eigenvalue weighted by Crippen LogP contribution is -2.24. The third kappa shape index (κ3) is 9.65. The summed E-state index contributed by atoms with van der Waals surface area (Å²) >= 11 is 0. The summed E-state index contributed by atoms with van der Waals surface area (Å²) in [5.74, 6) is 1.10. The van der Waals surface area contributed by atoms with Crippen LogP contribution in [-0.4, -0.2) is 91.3 Å². The highest BCUT2D eigenvalue weighted by Crippen LogP contribution is 2.28. The fourth-order valence-electron chi connectivity index (χ4n) is 7.25. The van der Waals surface area contributed by atoms with Gasteiger partial charge in [0.1, 0.15) is 0 Å². The molecule has 0 saturated heterocycles. The summed E-state index contributed by atoms with van der Waals surface area (Å²) in [6.07, 6.45) is 11.0. The van der Waals surface area contributed by atoms with Gasteiger partial charge < -0.3 is 35.6 Å². The van der Waals surface area contributed by atoms with Crippen LogP contribution in [0.15, 0.2) is 122 Å². The van der Waals surface area contributed by atoms with E-state index in [1.807, 2.05) is 122 Å². The van der Waals surface area contributed by atoms with Gasteiger partial charge in [0, 0.05) is 89.3 Å². The number of fused-ring (bicyclic) bond motifs is 6. The Bertz CT molecular complexity index is 3290. The van der Waals surface area contributed by atoms with E-state index in [0.29, 0.717) is 24.7 Å². The monoisotopic (exact) mass is 884 g/mol. The Kier molecular flexibility index (Phi) is 13.3. The Morgan fingerprint density at radius 2 is 1.15 bits per heavy atom. The zero-order valence-electron chi connectivity index (χ0n) is 37.0. The van der Waals surface area contributed by atoms with Crippen molar-refractivity contribution in [2.45, 2.75) is 25.9 Å². The highest BCUT2D eigenvalue weighted by Gasteiger charge is 2.18. The number of carbonyl (C=O) groups is 2. The van der Waals surface area contributed by atoms with Gasteiger partial charge in [-0.1, -0.05) is 48.5 Å². The second-order valence-electron chi connectivity index (χ2n) is 15.1. The number of anilines is 2. The van der Waals surface area contributed by atoms with Crippen LogP contribution in [0.4, 0.5) is 11.6 Å². The van der Waals surface area contributed by atoms with E-state index in [0.717, 1.165) is 78.4 Å². The number of pyridine rings is 2. The van der Waals surface area contributed by atoms with Gasteiger partial charge in [0.25, 0.3) is 0 Å². The molecule has 0 atom stereocenters. The van der Waals surface area contributed by atoms with Crippen molar-refractivity contribution in [3.05, 3.63) is 145 Å². The van der Waals surface area contributed by atoms with E-state index in [-0.39, 0.29) is 24.7 Å². The predicted molar refractivity (Wildman–Crippen MR) is 252 cm³/mol. The van der Waals surface area contributed by atoms with E-state index >= 15 is 0 Å². The molecule has 19 heteroatoms. The van der Waals surface area contributed by atoms with Crippen LogP contribution in [0.5, 0.6) is 0 Å². The molecule has 1 amide bonds. The molecule has 66 heavy (non-hydrogen) atoms.